The second-order valence-corrected chi connectivity index (χ2v) is 4.79. The zero-order chi connectivity index (χ0) is 10.5. The van der Waals surface area contributed by atoms with Gasteiger partial charge in [-0.1, -0.05) is 0 Å². The van der Waals surface area contributed by atoms with Gasteiger partial charge in [-0.3, -0.25) is 0 Å². The highest BCUT2D eigenvalue weighted by Gasteiger charge is 2.13. The van der Waals surface area contributed by atoms with E-state index in [2.05, 4.69) is 37.6 Å². The molecule has 0 radical (unpaired) electrons. The van der Waals surface area contributed by atoms with E-state index in [1.807, 2.05) is 12.3 Å². The van der Waals surface area contributed by atoms with E-state index < -0.39 is 0 Å². The molecule has 0 saturated carbocycles. The van der Waals surface area contributed by atoms with E-state index in [9.17, 15) is 0 Å². The molecule has 4 heteroatoms. The lowest BCUT2D eigenvalue weighted by molar-refractivity contribution is 0.512. The zero-order valence-electron chi connectivity index (χ0n) is 8.67. The van der Waals surface area contributed by atoms with Crippen molar-refractivity contribution in [2.75, 3.05) is 19.6 Å². The van der Waals surface area contributed by atoms with Crippen molar-refractivity contribution in [1.29, 1.82) is 0 Å². The number of nitrogens with zero attached hydrogens (tertiary/aromatic N) is 1. The van der Waals surface area contributed by atoms with Gasteiger partial charge < -0.3 is 10.6 Å². The van der Waals surface area contributed by atoms with Gasteiger partial charge in [0.25, 0.3) is 0 Å². The number of rotatable bonds is 4. The molecule has 1 saturated heterocycles. The highest BCUT2D eigenvalue weighted by atomic mass is 79.9. The number of nitrogens with one attached hydrogen (secondary N) is 2. The van der Waals surface area contributed by atoms with Crippen molar-refractivity contribution in [2.24, 2.45) is 5.92 Å². The third kappa shape index (κ3) is 3.55. The Labute approximate surface area is 98.8 Å². The molecule has 0 bridgehead atoms. The maximum Gasteiger partial charge on any atom is 0.106 e. The lowest BCUT2D eigenvalue weighted by Gasteiger charge is -2.09. The van der Waals surface area contributed by atoms with Crippen LogP contribution in [0.3, 0.4) is 0 Å². The summed E-state index contributed by atoms with van der Waals surface area (Å²) in [5.41, 5.74) is 1.28. The summed E-state index contributed by atoms with van der Waals surface area (Å²) in [6.07, 6.45) is 3.13. The Balaban J connectivity index is 1.73. The molecule has 2 heterocycles. The summed E-state index contributed by atoms with van der Waals surface area (Å²) in [5, 5.41) is 6.85. The molecule has 1 aliphatic heterocycles. The number of hydrogen-bond acceptors (Lipinski definition) is 3. The van der Waals surface area contributed by atoms with Crippen LogP contribution in [0.5, 0.6) is 0 Å². The largest absolute Gasteiger partial charge is 0.316 e. The van der Waals surface area contributed by atoms with Crippen LogP contribution in [0, 0.1) is 5.92 Å². The fraction of sp³-hybridized carbons (Fsp3) is 0.545. The van der Waals surface area contributed by atoms with E-state index in [-0.39, 0.29) is 0 Å². The van der Waals surface area contributed by atoms with Crippen LogP contribution in [-0.2, 0) is 6.54 Å². The monoisotopic (exact) mass is 269 g/mol. The first-order chi connectivity index (χ1) is 7.34. The summed E-state index contributed by atoms with van der Waals surface area (Å²) < 4.78 is 0.907. The van der Waals surface area contributed by atoms with E-state index in [4.69, 9.17) is 0 Å². The Morgan fingerprint density at radius 2 is 2.53 bits per heavy atom. The van der Waals surface area contributed by atoms with Crippen molar-refractivity contribution < 1.29 is 0 Å². The van der Waals surface area contributed by atoms with Crippen LogP contribution in [0.2, 0.25) is 0 Å². The van der Waals surface area contributed by atoms with Crippen LogP contribution in [0.4, 0.5) is 0 Å². The predicted molar refractivity (Wildman–Crippen MR) is 64.6 cm³/mol. The average Bonchev–Trinajstić information content (AvgIpc) is 2.71. The third-order valence-electron chi connectivity index (χ3n) is 2.72. The van der Waals surface area contributed by atoms with Gasteiger partial charge in [0.2, 0.25) is 0 Å². The number of hydrogen-bond donors (Lipinski definition) is 2. The Hall–Kier alpha value is -0.450. The van der Waals surface area contributed by atoms with E-state index in [1.54, 1.807) is 0 Å². The molecule has 1 unspecified atom stereocenters. The van der Waals surface area contributed by atoms with E-state index in [1.165, 1.54) is 18.5 Å². The second kappa shape index (κ2) is 5.58. The van der Waals surface area contributed by atoms with Crippen molar-refractivity contribution >= 4 is 15.9 Å². The molecule has 1 aromatic rings. The first kappa shape index (κ1) is 11.0. The quantitative estimate of drug-likeness (QED) is 0.815. The molecule has 2 N–H and O–H groups in total. The molecule has 82 valence electrons. The predicted octanol–water partition coefficient (Wildman–Crippen LogP) is 1.54. The summed E-state index contributed by atoms with van der Waals surface area (Å²) in [6.45, 7) is 4.37. The average molecular weight is 270 g/mol. The van der Waals surface area contributed by atoms with Crippen molar-refractivity contribution in [3.63, 3.8) is 0 Å². The first-order valence-corrected chi connectivity index (χ1v) is 6.16. The Kier molecular flexibility index (Phi) is 4.11. The van der Waals surface area contributed by atoms with Crippen LogP contribution in [0.15, 0.2) is 22.9 Å². The SMILES string of the molecule is Brc1cc(CNCC2CCNC2)ccn1. The number of halogens is 1. The fourth-order valence-corrected chi connectivity index (χ4v) is 2.27. The van der Waals surface area contributed by atoms with Crippen LogP contribution in [0.25, 0.3) is 0 Å². The molecule has 15 heavy (non-hydrogen) atoms. The second-order valence-electron chi connectivity index (χ2n) is 3.98. The van der Waals surface area contributed by atoms with Crippen molar-refractivity contribution in [2.45, 2.75) is 13.0 Å². The zero-order valence-corrected chi connectivity index (χ0v) is 10.3. The molecular weight excluding hydrogens is 254 g/mol. The highest BCUT2D eigenvalue weighted by molar-refractivity contribution is 9.10. The lowest BCUT2D eigenvalue weighted by atomic mass is 10.1. The van der Waals surface area contributed by atoms with Crippen molar-refractivity contribution in [3.8, 4) is 0 Å². The molecule has 1 fully saturated rings. The minimum atomic E-state index is 0.801. The van der Waals surface area contributed by atoms with Gasteiger partial charge in [-0.15, -0.1) is 0 Å². The molecule has 0 aromatic carbocycles. The maximum absolute atomic E-state index is 4.10. The molecule has 3 nitrogen and oxygen atoms in total. The Bertz CT molecular complexity index is 310. The summed E-state index contributed by atoms with van der Waals surface area (Å²) in [7, 11) is 0. The number of aromatic nitrogens is 1. The lowest BCUT2D eigenvalue weighted by Crippen LogP contribution is -2.24. The molecule has 1 atom stereocenters. The smallest absolute Gasteiger partial charge is 0.106 e. The van der Waals surface area contributed by atoms with Gasteiger partial charge in [0, 0.05) is 12.7 Å². The maximum atomic E-state index is 4.10. The molecule has 0 spiro atoms. The molecule has 0 amide bonds. The van der Waals surface area contributed by atoms with Crippen molar-refractivity contribution in [3.05, 3.63) is 28.5 Å². The minimum Gasteiger partial charge on any atom is -0.316 e. The van der Waals surface area contributed by atoms with Gasteiger partial charge in [-0.2, -0.15) is 0 Å². The van der Waals surface area contributed by atoms with E-state index in [0.29, 0.717) is 0 Å². The molecule has 0 aliphatic carbocycles. The normalized spacial score (nSPS) is 20.7. The van der Waals surface area contributed by atoms with Gasteiger partial charge in [0.15, 0.2) is 0 Å². The third-order valence-corrected chi connectivity index (χ3v) is 3.15. The van der Waals surface area contributed by atoms with Gasteiger partial charge in [0.05, 0.1) is 0 Å². The van der Waals surface area contributed by atoms with E-state index in [0.717, 1.165) is 30.2 Å². The van der Waals surface area contributed by atoms with Gasteiger partial charge in [-0.05, 0) is 65.6 Å². The van der Waals surface area contributed by atoms with Crippen molar-refractivity contribution in [1.82, 2.24) is 15.6 Å². The number of pyridine rings is 1. The minimum absolute atomic E-state index is 0.801. The standard InChI is InChI=1S/C11H16BrN3/c12-11-5-9(2-4-15-11)6-14-8-10-1-3-13-7-10/h2,4-5,10,13-14H,1,3,6-8H2. The topological polar surface area (TPSA) is 37.0 Å². The van der Waals surface area contributed by atoms with Gasteiger partial charge in [-0.25, -0.2) is 4.98 Å². The van der Waals surface area contributed by atoms with E-state index >= 15 is 0 Å². The van der Waals surface area contributed by atoms with Gasteiger partial charge in [0.1, 0.15) is 4.60 Å². The summed E-state index contributed by atoms with van der Waals surface area (Å²) in [6, 6.07) is 4.10. The Morgan fingerprint density at radius 3 is 3.27 bits per heavy atom. The molecule has 1 aromatic heterocycles. The van der Waals surface area contributed by atoms with Gasteiger partial charge >= 0.3 is 0 Å². The van der Waals surface area contributed by atoms with Crippen LogP contribution >= 0.6 is 15.9 Å². The molecule has 1 aliphatic rings. The summed E-state index contributed by atoms with van der Waals surface area (Å²) >= 11 is 3.37. The fourth-order valence-electron chi connectivity index (χ4n) is 1.86. The first-order valence-electron chi connectivity index (χ1n) is 5.36. The van der Waals surface area contributed by atoms with Crippen LogP contribution in [0.1, 0.15) is 12.0 Å². The van der Waals surface area contributed by atoms with Crippen LogP contribution in [-0.4, -0.2) is 24.6 Å². The highest BCUT2D eigenvalue weighted by Crippen LogP contribution is 2.09. The van der Waals surface area contributed by atoms with Crippen LogP contribution < -0.4 is 10.6 Å². The summed E-state index contributed by atoms with van der Waals surface area (Å²) in [5.74, 6) is 0.801. The Morgan fingerprint density at radius 1 is 1.60 bits per heavy atom. The summed E-state index contributed by atoms with van der Waals surface area (Å²) in [4.78, 5) is 4.10. The molecular formula is C11H16BrN3. The molecule has 2 rings (SSSR count).